The predicted octanol–water partition coefficient (Wildman–Crippen LogP) is 1.80. The smallest absolute Gasteiger partial charge is 0.268 e. The van der Waals surface area contributed by atoms with E-state index >= 15 is 0 Å². The number of anilines is 2. The lowest BCUT2D eigenvalue weighted by Gasteiger charge is -2.18. The zero-order chi connectivity index (χ0) is 19.4. The molecule has 0 bridgehead atoms. The summed E-state index contributed by atoms with van der Waals surface area (Å²) in [5.74, 6) is -0.728. The fourth-order valence-corrected chi connectivity index (χ4v) is 3.07. The van der Waals surface area contributed by atoms with Gasteiger partial charge in [0.1, 0.15) is 5.82 Å². The molecule has 1 aliphatic heterocycles. The SMILES string of the molecule is COCCn1ncc(N2CCC(C(=O)Nc3ccc(C)c(F)c3)C2)cc1=O. The van der Waals surface area contributed by atoms with Crippen LogP contribution in [0.1, 0.15) is 12.0 Å². The summed E-state index contributed by atoms with van der Waals surface area (Å²) >= 11 is 0. The quantitative estimate of drug-likeness (QED) is 0.834. The van der Waals surface area contributed by atoms with E-state index in [-0.39, 0.29) is 23.2 Å². The molecule has 0 spiro atoms. The number of nitrogens with zero attached hydrogens (tertiary/aromatic N) is 3. The number of aryl methyl sites for hydroxylation is 1. The lowest BCUT2D eigenvalue weighted by atomic mass is 10.1. The van der Waals surface area contributed by atoms with Crippen molar-refractivity contribution < 1.29 is 13.9 Å². The molecule has 1 N–H and O–H groups in total. The van der Waals surface area contributed by atoms with Gasteiger partial charge in [0.15, 0.2) is 0 Å². The minimum atomic E-state index is -0.346. The van der Waals surface area contributed by atoms with Crippen LogP contribution in [0, 0.1) is 18.7 Å². The van der Waals surface area contributed by atoms with Crippen LogP contribution in [0.3, 0.4) is 0 Å². The second-order valence-corrected chi connectivity index (χ2v) is 6.65. The topological polar surface area (TPSA) is 76.5 Å². The van der Waals surface area contributed by atoms with Gasteiger partial charge in [-0.2, -0.15) is 5.10 Å². The van der Waals surface area contributed by atoms with Crippen molar-refractivity contribution in [3.63, 3.8) is 0 Å². The second-order valence-electron chi connectivity index (χ2n) is 6.65. The van der Waals surface area contributed by atoms with Crippen LogP contribution in [-0.4, -0.2) is 42.5 Å². The first-order chi connectivity index (χ1) is 13.0. The van der Waals surface area contributed by atoms with Gasteiger partial charge < -0.3 is 15.0 Å². The minimum absolute atomic E-state index is 0.151. The van der Waals surface area contributed by atoms with Crippen molar-refractivity contribution in [2.24, 2.45) is 5.92 Å². The second kappa shape index (κ2) is 8.30. The molecule has 7 nitrogen and oxygen atoms in total. The summed E-state index contributed by atoms with van der Waals surface area (Å²) in [6.45, 7) is 3.63. The molecule has 1 fully saturated rings. The van der Waals surface area contributed by atoms with Gasteiger partial charge in [0.05, 0.1) is 31.0 Å². The maximum atomic E-state index is 13.6. The predicted molar refractivity (Wildman–Crippen MR) is 100 cm³/mol. The Morgan fingerprint density at radius 2 is 2.22 bits per heavy atom. The number of aromatic nitrogens is 2. The first-order valence-corrected chi connectivity index (χ1v) is 8.86. The lowest BCUT2D eigenvalue weighted by molar-refractivity contribution is -0.119. The Morgan fingerprint density at radius 1 is 1.41 bits per heavy atom. The molecule has 1 saturated heterocycles. The van der Waals surface area contributed by atoms with Crippen LogP contribution in [0.25, 0.3) is 0 Å². The Labute approximate surface area is 156 Å². The maximum absolute atomic E-state index is 13.6. The van der Waals surface area contributed by atoms with Crippen molar-refractivity contribution >= 4 is 17.3 Å². The van der Waals surface area contributed by atoms with Crippen LogP contribution in [0.5, 0.6) is 0 Å². The van der Waals surface area contributed by atoms with Crippen LogP contribution in [0.4, 0.5) is 15.8 Å². The van der Waals surface area contributed by atoms with Gasteiger partial charge in [-0.05, 0) is 31.0 Å². The molecular formula is C19H23FN4O3. The fourth-order valence-electron chi connectivity index (χ4n) is 3.07. The van der Waals surface area contributed by atoms with Crippen molar-refractivity contribution in [3.05, 3.63) is 52.2 Å². The molecule has 2 aromatic rings. The number of carbonyl (C=O) groups excluding carboxylic acids is 1. The van der Waals surface area contributed by atoms with Crippen molar-refractivity contribution in [3.8, 4) is 0 Å². The number of methoxy groups -OCH3 is 1. The molecule has 2 heterocycles. The lowest BCUT2D eigenvalue weighted by Crippen LogP contribution is -2.29. The molecule has 1 atom stereocenters. The Morgan fingerprint density at radius 3 is 2.93 bits per heavy atom. The molecule has 8 heteroatoms. The van der Waals surface area contributed by atoms with Gasteiger partial charge in [-0.15, -0.1) is 0 Å². The van der Waals surface area contributed by atoms with Crippen LogP contribution in [0.15, 0.2) is 35.3 Å². The van der Waals surface area contributed by atoms with E-state index in [1.165, 1.54) is 16.8 Å². The van der Waals surface area contributed by atoms with E-state index in [9.17, 15) is 14.0 Å². The van der Waals surface area contributed by atoms with E-state index in [4.69, 9.17) is 4.74 Å². The third-order valence-electron chi connectivity index (χ3n) is 4.73. The highest BCUT2D eigenvalue weighted by Gasteiger charge is 2.29. The van der Waals surface area contributed by atoms with Crippen LogP contribution >= 0.6 is 0 Å². The van der Waals surface area contributed by atoms with E-state index in [0.29, 0.717) is 49.6 Å². The van der Waals surface area contributed by atoms with Crippen molar-refractivity contribution in [2.45, 2.75) is 19.9 Å². The van der Waals surface area contributed by atoms with Crippen molar-refractivity contribution in [2.75, 3.05) is 37.0 Å². The number of nitrogens with one attached hydrogen (secondary N) is 1. The molecule has 1 amide bonds. The number of carbonyl (C=O) groups is 1. The van der Waals surface area contributed by atoms with Gasteiger partial charge in [-0.3, -0.25) is 9.59 Å². The summed E-state index contributed by atoms with van der Waals surface area (Å²) < 4.78 is 19.9. The van der Waals surface area contributed by atoms with Crippen LogP contribution in [-0.2, 0) is 16.1 Å². The number of benzene rings is 1. The Kier molecular flexibility index (Phi) is 5.85. The van der Waals surface area contributed by atoms with Gasteiger partial charge in [0.25, 0.3) is 5.56 Å². The van der Waals surface area contributed by atoms with Gasteiger partial charge in [0, 0.05) is 32.0 Å². The molecule has 1 aromatic carbocycles. The zero-order valence-electron chi connectivity index (χ0n) is 15.4. The number of ether oxygens (including phenoxy) is 1. The molecule has 3 rings (SSSR count). The number of amides is 1. The largest absolute Gasteiger partial charge is 0.383 e. The highest BCUT2D eigenvalue weighted by Crippen LogP contribution is 2.24. The van der Waals surface area contributed by atoms with Crippen molar-refractivity contribution in [1.29, 1.82) is 0 Å². The van der Waals surface area contributed by atoms with E-state index in [1.807, 2.05) is 4.90 Å². The third kappa shape index (κ3) is 4.51. The Hall–Kier alpha value is -2.74. The van der Waals surface area contributed by atoms with E-state index in [2.05, 4.69) is 10.4 Å². The molecule has 0 aliphatic carbocycles. The molecule has 144 valence electrons. The van der Waals surface area contributed by atoms with Gasteiger partial charge in [0.2, 0.25) is 5.91 Å². The highest BCUT2D eigenvalue weighted by molar-refractivity contribution is 5.93. The minimum Gasteiger partial charge on any atom is -0.383 e. The van der Waals surface area contributed by atoms with Crippen LogP contribution < -0.4 is 15.8 Å². The third-order valence-corrected chi connectivity index (χ3v) is 4.73. The van der Waals surface area contributed by atoms with E-state index < -0.39 is 0 Å². The van der Waals surface area contributed by atoms with Gasteiger partial charge >= 0.3 is 0 Å². The van der Waals surface area contributed by atoms with Crippen molar-refractivity contribution in [1.82, 2.24) is 9.78 Å². The number of hydrogen-bond acceptors (Lipinski definition) is 5. The number of rotatable bonds is 6. The first-order valence-electron chi connectivity index (χ1n) is 8.86. The summed E-state index contributed by atoms with van der Waals surface area (Å²) in [6, 6.07) is 6.17. The van der Waals surface area contributed by atoms with E-state index in [0.717, 1.165) is 0 Å². The van der Waals surface area contributed by atoms with Gasteiger partial charge in [-0.1, -0.05) is 6.07 Å². The fraction of sp³-hybridized carbons (Fsp3) is 0.421. The average molecular weight is 374 g/mol. The normalized spacial score (nSPS) is 16.6. The Bertz CT molecular complexity index is 883. The summed E-state index contributed by atoms with van der Waals surface area (Å²) in [7, 11) is 1.57. The molecule has 27 heavy (non-hydrogen) atoms. The summed E-state index contributed by atoms with van der Waals surface area (Å²) in [5, 5.41) is 6.92. The number of hydrogen-bond donors (Lipinski definition) is 1. The van der Waals surface area contributed by atoms with Crippen LogP contribution in [0.2, 0.25) is 0 Å². The monoisotopic (exact) mass is 374 g/mol. The summed E-state index contributed by atoms with van der Waals surface area (Å²) in [6.07, 6.45) is 2.29. The number of halogens is 1. The maximum Gasteiger partial charge on any atom is 0.268 e. The zero-order valence-corrected chi connectivity index (χ0v) is 15.4. The molecule has 1 aromatic heterocycles. The summed E-state index contributed by atoms with van der Waals surface area (Å²) in [4.78, 5) is 26.6. The average Bonchev–Trinajstić information content (AvgIpc) is 3.14. The molecular weight excluding hydrogens is 351 g/mol. The standard InChI is InChI=1S/C19H23FN4O3/c1-13-3-4-15(9-17(13)20)22-19(26)14-5-6-23(12-14)16-10-18(25)24(21-11-16)7-8-27-2/h3-4,9-11,14H,5-8,12H2,1-2H3,(H,22,26). The molecule has 1 unspecified atom stereocenters. The van der Waals surface area contributed by atoms with E-state index in [1.54, 1.807) is 32.4 Å². The first kappa shape index (κ1) is 19.0. The van der Waals surface area contributed by atoms with Gasteiger partial charge in [-0.25, -0.2) is 9.07 Å². The molecule has 0 radical (unpaired) electrons. The molecule has 1 aliphatic rings. The summed E-state index contributed by atoms with van der Waals surface area (Å²) in [5.41, 5.74) is 1.48. The molecule has 0 saturated carbocycles. The Balaban J connectivity index is 1.62. The highest BCUT2D eigenvalue weighted by atomic mass is 19.1.